The third kappa shape index (κ3) is 2.27. The molecule has 0 aliphatic heterocycles. The van der Waals surface area contributed by atoms with Crippen molar-refractivity contribution >= 4 is 33.4 Å². The van der Waals surface area contributed by atoms with Crippen LogP contribution in [-0.4, -0.2) is 14.0 Å². The highest BCUT2D eigenvalue weighted by Crippen LogP contribution is 2.33. The Kier molecular flexibility index (Phi) is 3.54. The number of fused-ring (bicyclic) bond motifs is 3. The molecular weight excluding hydrogens is 342 g/mol. The summed E-state index contributed by atoms with van der Waals surface area (Å²) in [6, 6.07) is 10.6. The fraction of sp³-hybridized carbons (Fsp3) is 0.333. The van der Waals surface area contributed by atoms with E-state index in [-0.39, 0.29) is 5.56 Å². The number of imidazole rings is 1. The van der Waals surface area contributed by atoms with Gasteiger partial charge in [-0.05, 0) is 56.5 Å². The minimum atomic E-state index is 0.0318. The summed E-state index contributed by atoms with van der Waals surface area (Å²) in [5, 5.41) is 0. The largest absolute Gasteiger partial charge is 0.346 e. The average molecular weight is 363 g/mol. The molecular formula is C21H21N3OS. The second kappa shape index (κ2) is 5.81. The third-order valence-electron chi connectivity index (χ3n) is 5.65. The highest BCUT2D eigenvalue weighted by atomic mass is 32.1. The first-order valence-electron chi connectivity index (χ1n) is 9.23. The van der Waals surface area contributed by atoms with E-state index in [1.165, 1.54) is 48.4 Å². The van der Waals surface area contributed by atoms with Crippen molar-refractivity contribution in [3.05, 3.63) is 62.2 Å². The Labute approximate surface area is 155 Å². The van der Waals surface area contributed by atoms with E-state index in [9.17, 15) is 4.79 Å². The van der Waals surface area contributed by atoms with E-state index in [1.54, 1.807) is 4.40 Å². The van der Waals surface area contributed by atoms with Crippen molar-refractivity contribution in [3.63, 3.8) is 0 Å². The standard InChI is InChI=1S/C21H21N3OS/c1-13-11-15(14(2)23(13)16-7-3-4-8-16)12-19-20(25)24-18-10-6-5-9-17(18)22-21(24)26-19/h5-6,9-12,16H,3-4,7-8H2,1-2H3/b19-12+. The molecule has 4 aromatic rings. The van der Waals surface area contributed by atoms with Crippen LogP contribution in [0, 0.1) is 13.8 Å². The number of nitrogens with zero attached hydrogens (tertiary/aromatic N) is 3. The van der Waals surface area contributed by atoms with Crippen LogP contribution >= 0.6 is 11.3 Å². The van der Waals surface area contributed by atoms with Gasteiger partial charge in [-0.1, -0.05) is 36.3 Å². The number of rotatable bonds is 2. The number of aryl methyl sites for hydroxylation is 1. The van der Waals surface area contributed by atoms with E-state index in [0.717, 1.165) is 26.1 Å². The lowest BCUT2D eigenvalue weighted by molar-refractivity contribution is 0.500. The molecule has 3 aromatic heterocycles. The molecule has 0 bridgehead atoms. The lowest BCUT2D eigenvalue weighted by atomic mass is 10.2. The predicted octanol–water partition coefficient (Wildman–Crippen LogP) is 3.99. The van der Waals surface area contributed by atoms with Crippen LogP contribution in [0.25, 0.3) is 22.1 Å². The summed E-state index contributed by atoms with van der Waals surface area (Å²) in [6.45, 7) is 4.35. The molecule has 3 heterocycles. The molecule has 5 rings (SSSR count). The van der Waals surface area contributed by atoms with Crippen LogP contribution < -0.4 is 10.1 Å². The molecule has 0 spiro atoms. The molecule has 5 heteroatoms. The summed E-state index contributed by atoms with van der Waals surface area (Å²) >= 11 is 1.48. The summed E-state index contributed by atoms with van der Waals surface area (Å²) < 4.78 is 4.96. The molecule has 1 aliphatic carbocycles. The van der Waals surface area contributed by atoms with Gasteiger partial charge in [-0.15, -0.1) is 0 Å². The number of aromatic nitrogens is 3. The molecule has 0 radical (unpaired) electrons. The molecule has 4 nitrogen and oxygen atoms in total. The van der Waals surface area contributed by atoms with Crippen molar-refractivity contribution in [2.75, 3.05) is 0 Å². The van der Waals surface area contributed by atoms with Gasteiger partial charge in [0.05, 0.1) is 15.6 Å². The van der Waals surface area contributed by atoms with Gasteiger partial charge < -0.3 is 4.57 Å². The molecule has 0 N–H and O–H groups in total. The Balaban J connectivity index is 1.68. The van der Waals surface area contributed by atoms with E-state index < -0.39 is 0 Å². The highest BCUT2D eigenvalue weighted by Gasteiger charge is 2.21. The average Bonchev–Trinajstić information content (AvgIpc) is 3.36. The third-order valence-corrected chi connectivity index (χ3v) is 6.61. The van der Waals surface area contributed by atoms with Crippen LogP contribution in [0.3, 0.4) is 0 Å². The van der Waals surface area contributed by atoms with Gasteiger partial charge >= 0.3 is 0 Å². The van der Waals surface area contributed by atoms with Gasteiger partial charge in [-0.3, -0.25) is 4.79 Å². The van der Waals surface area contributed by atoms with Gasteiger partial charge in [0.1, 0.15) is 0 Å². The highest BCUT2D eigenvalue weighted by molar-refractivity contribution is 7.15. The Morgan fingerprint density at radius 2 is 1.96 bits per heavy atom. The van der Waals surface area contributed by atoms with Crippen molar-refractivity contribution in [1.82, 2.24) is 14.0 Å². The fourth-order valence-electron chi connectivity index (χ4n) is 4.43. The topological polar surface area (TPSA) is 39.3 Å². The summed E-state index contributed by atoms with van der Waals surface area (Å²) in [5.41, 5.74) is 5.51. The van der Waals surface area contributed by atoms with Gasteiger partial charge in [-0.2, -0.15) is 0 Å². The Bertz CT molecular complexity index is 1240. The SMILES string of the molecule is Cc1cc(/C=c2/sc3nc4ccccc4n3c2=O)c(C)n1C1CCCC1. The Morgan fingerprint density at radius 1 is 1.19 bits per heavy atom. The van der Waals surface area contributed by atoms with Crippen LogP contribution in [0.2, 0.25) is 0 Å². The van der Waals surface area contributed by atoms with Gasteiger partial charge in [0.25, 0.3) is 5.56 Å². The molecule has 0 saturated heterocycles. The van der Waals surface area contributed by atoms with Crippen LogP contribution in [0.1, 0.15) is 48.7 Å². The second-order valence-corrected chi connectivity index (χ2v) is 8.28. The molecule has 1 aliphatic rings. The van der Waals surface area contributed by atoms with Crippen LogP contribution in [-0.2, 0) is 0 Å². The second-order valence-electron chi connectivity index (χ2n) is 7.27. The van der Waals surface area contributed by atoms with Crippen molar-refractivity contribution in [2.45, 2.75) is 45.6 Å². The van der Waals surface area contributed by atoms with Gasteiger partial charge in [0.2, 0.25) is 0 Å². The normalized spacial score (nSPS) is 16.5. The fourth-order valence-corrected chi connectivity index (χ4v) is 5.40. The molecule has 0 amide bonds. The zero-order valence-corrected chi connectivity index (χ0v) is 15.8. The predicted molar refractivity (Wildman–Crippen MR) is 107 cm³/mol. The lowest BCUT2D eigenvalue weighted by Gasteiger charge is -2.17. The molecule has 1 saturated carbocycles. The smallest absolute Gasteiger partial charge is 0.274 e. The first kappa shape index (κ1) is 15.8. The molecule has 1 aromatic carbocycles. The van der Waals surface area contributed by atoms with Crippen molar-refractivity contribution in [3.8, 4) is 0 Å². The lowest BCUT2D eigenvalue weighted by Crippen LogP contribution is -2.22. The maximum Gasteiger partial charge on any atom is 0.274 e. The quantitative estimate of drug-likeness (QED) is 0.540. The number of para-hydroxylation sites is 2. The Hall–Kier alpha value is -2.40. The zero-order valence-electron chi connectivity index (χ0n) is 15.0. The summed E-state index contributed by atoms with van der Waals surface area (Å²) in [5.74, 6) is 0. The first-order chi connectivity index (χ1) is 12.6. The van der Waals surface area contributed by atoms with Gasteiger partial charge in [0.15, 0.2) is 4.96 Å². The van der Waals surface area contributed by atoms with Gasteiger partial charge in [0, 0.05) is 17.4 Å². The first-order valence-corrected chi connectivity index (χ1v) is 10.1. The van der Waals surface area contributed by atoms with Crippen LogP contribution in [0.4, 0.5) is 0 Å². The minimum Gasteiger partial charge on any atom is -0.346 e. The van der Waals surface area contributed by atoms with Crippen molar-refractivity contribution < 1.29 is 0 Å². The zero-order chi connectivity index (χ0) is 17.8. The minimum absolute atomic E-state index is 0.0318. The number of thiazole rings is 1. The number of benzene rings is 1. The van der Waals surface area contributed by atoms with E-state index in [4.69, 9.17) is 0 Å². The molecule has 0 atom stereocenters. The van der Waals surface area contributed by atoms with E-state index in [1.807, 2.05) is 30.3 Å². The molecule has 1 fully saturated rings. The summed E-state index contributed by atoms with van der Waals surface area (Å²) in [4.78, 5) is 18.3. The summed E-state index contributed by atoms with van der Waals surface area (Å²) in [7, 11) is 0. The van der Waals surface area contributed by atoms with Crippen molar-refractivity contribution in [1.29, 1.82) is 0 Å². The van der Waals surface area contributed by atoms with E-state index >= 15 is 0 Å². The van der Waals surface area contributed by atoms with Crippen LogP contribution in [0.5, 0.6) is 0 Å². The molecule has 132 valence electrons. The Morgan fingerprint density at radius 3 is 2.77 bits per heavy atom. The van der Waals surface area contributed by atoms with Crippen molar-refractivity contribution in [2.24, 2.45) is 0 Å². The molecule has 26 heavy (non-hydrogen) atoms. The number of hydrogen-bond acceptors (Lipinski definition) is 3. The van der Waals surface area contributed by atoms with E-state index in [0.29, 0.717) is 6.04 Å². The summed E-state index contributed by atoms with van der Waals surface area (Å²) in [6.07, 6.45) is 7.22. The van der Waals surface area contributed by atoms with Gasteiger partial charge in [-0.25, -0.2) is 9.38 Å². The maximum atomic E-state index is 13.0. The number of hydrogen-bond donors (Lipinski definition) is 0. The van der Waals surface area contributed by atoms with Crippen LogP contribution in [0.15, 0.2) is 35.1 Å². The monoisotopic (exact) mass is 363 g/mol. The van der Waals surface area contributed by atoms with E-state index in [2.05, 4.69) is 29.5 Å². The molecule has 0 unspecified atom stereocenters. The maximum absolute atomic E-state index is 13.0.